The molecule has 0 heterocycles. The fourth-order valence-electron chi connectivity index (χ4n) is 0. The Labute approximate surface area is 141 Å². The molecule has 0 atom stereocenters. The van der Waals surface area contributed by atoms with Gasteiger partial charge in [-0.25, -0.2) is 0 Å². The van der Waals surface area contributed by atoms with Gasteiger partial charge in [0.25, 0.3) is 0 Å². The predicted molar refractivity (Wildman–Crippen MR) is 9.94 cm³/mol. The fraction of sp³-hybridized carbons (Fsp3) is 0. The summed E-state index contributed by atoms with van der Waals surface area (Å²) < 4.78 is 0. The Morgan fingerprint density at radius 2 is 0.857 bits per heavy atom. The fourth-order valence-corrected chi connectivity index (χ4v) is 0. The molecular formula is H3AlAuCrNbPtTi2. The monoisotopic (exact) mass is 663 g/mol. The molecular weight excluding hydrogens is 660 g/mol. The molecule has 0 aliphatic heterocycles. The molecule has 0 fully saturated rings. The minimum absolute atomic E-state index is 0. The van der Waals surface area contributed by atoms with Crippen LogP contribution in [-0.4, -0.2) is 17.4 Å². The van der Waals surface area contributed by atoms with Crippen LogP contribution in [0.25, 0.3) is 0 Å². The van der Waals surface area contributed by atoms with Gasteiger partial charge in [-0.1, -0.05) is 0 Å². The van der Waals surface area contributed by atoms with E-state index in [1.807, 2.05) is 0 Å². The van der Waals surface area contributed by atoms with E-state index in [2.05, 4.69) is 0 Å². The second kappa shape index (κ2) is 45.8. The summed E-state index contributed by atoms with van der Waals surface area (Å²) >= 11 is 0. The average molecular weight is 663 g/mol. The third-order valence-corrected chi connectivity index (χ3v) is 0. The average Bonchev–Trinajstić information content (AvgIpc) is 0. The molecule has 7 heavy (non-hydrogen) atoms. The summed E-state index contributed by atoms with van der Waals surface area (Å²) in [6, 6.07) is 0. The van der Waals surface area contributed by atoms with Crippen LogP contribution in [0.2, 0.25) is 0 Å². The second-order valence-corrected chi connectivity index (χ2v) is 0. The number of rotatable bonds is 0. The molecule has 2 radical (unpaired) electrons. The molecule has 0 amide bonds. The van der Waals surface area contributed by atoms with E-state index >= 15 is 0 Å². The molecule has 0 saturated carbocycles. The first-order chi connectivity index (χ1) is 0. The number of hydrogen-bond acceptors (Lipinski definition) is 0. The maximum Gasteiger partial charge on any atom is 0.187 e. The predicted octanol–water partition coefficient (Wildman–Crippen LogP) is -1.20. The molecule has 0 saturated heterocycles. The van der Waals surface area contributed by atoms with Crippen molar-refractivity contribution in [1.82, 2.24) is 0 Å². The number of hydrogen-bond donors (Lipinski definition) is 0. The first-order valence-electron chi connectivity index (χ1n) is 0. The molecule has 46 valence electrons. The Balaban J connectivity index is 0. The summed E-state index contributed by atoms with van der Waals surface area (Å²) in [5, 5.41) is 0. The summed E-state index contributed by atoms with van der Waals surface area (Å²) in [7, 11) is 0. The second-order valence-electron chi connectivity index (χ2n) is 0. The smallest absolute Gasteiger partial charge is 0 e. The standard InChI is InChI=1S/Al.Au.Cr.Nb.Pt.2Ti.3H. The Morgan fingerprint density at radius 3 is 0.857 bits per heavy atom. The summed E-state index contributed by atoms with van der Waals surface area (Å²) in [6.45, 7) is 0. The van der Waals surface area contributed by atoms with Gasteiger partial charge in [0, 0.05) is 127 Å². The zero-order valence-corrected chi connectivity index (χ0v) is 13.5. The van der Waals surface area contributed by atoms with Gasteiger partial charge in [-0.05, 0) is 0 Å². The van der Waals surface area contributed by atoms with E-state index in [0.29, 0.717) is 0 Å². The minimum atomic E-state index is 0. The van der Waals surface area contributed by atoms with Gasteiger partial charge in [-0.2, -0.15) is 0 Å². The third kappa shape index (κ3) is 36.8. The Morgan fingerprint density at radius 1 is 0.857 bits per heavy atom. The van der Waals surface area contributed by atoms with Crippen molar-refractivity contribution in [3.63, 3.8) is 0 Å². The third-order valence-electron chi connectivity index (χ3n) is 0. The molecule has 0 aromatic carbocycles. The van der Waals surface area contributed by atoms with E-state index in [4.69, 9.17) is 0 Å². The maximum absolute atomic E-state index is 0. The molecule has 0 aliphatic rings. The van der Waals surface area contributed by atoms with Crippen molar-refractivity contribution in [2.24, 2.45) is 0 Å². The van der Waals surface area contributed by atoms with Gasteiger partial charge >= 0.3 is 0 Å². The van der Waals surface area contributed by atoms with E-state index in [1.165, 1.54) is 0 Å². The molecule has 0 nitrogen and oxygen atoms in total. The first kappa shape index (κ1) is 61.0. The van der Waals surface area contributed by atoms with E-state index in [1.54, 1.807) is 0 Å². The Kier molecular flexibility index (Phi) is 399. The Hall–Kier alpha value is 4.66. The van der Waals surface area contributed by atoms with Crippen molar-refractivity contribution in [2.45, 2.75) is 0 Å². The van der Waals surface area contributed by atoms with Crippen LogP contribution in [0.5, 0.6) is 0 Å². The van der Waals surface area contributed by atoms with Crippen LogP contribution in [0, 0.1) is 0 Å². The van der Waals surface area contributed by atoms with Crippen LogP contribution in [0.15, 0.2) is 0 Å². The zero-order valence-electron chi connectivity index (χ0n) is 2.47. The Bertz CT molecular complexity index is 17.7. The normalized spacial score (nSPS) is 0. The summed E-state index contributed by atoms with van der Waals surface area (Å²) in [5.41, 5.74) is 0. The quantitative estimate of drug-likeness (QED) is 0.287. The van der Waals surface area contributed by atoms with E-state index in [9.17, 15) is 0 Å². The summed E-state index contributed by atoms with van der Waals surface area (Å²) in [4.78, 5) is 0. The molecule has 0 aromatic heterocycles. The van der Waals surface area contributed by atoms with Gasteiger partial charge in [0.05, 0.1) is 0 Å². The van der Waals surface area contributed by atoms with Gasteiger partial charge in [0.1, 0.15) is 0 Å². The zero-order chi connectivity index (χ0) is 0. The van der Waals surface area contributed by atoms with Crippen LogP contribution < -0.4 is 0 Å². The molecule has 7 heteroatoms. The van der Waals surface area contributed by atoms with Gasteiger partial charge < -0.3 is 0 Å². The molecule has 0 spiro atoms. The van der Waals surface area contributed by atoms with Gasteiger partial charge in [-0.3, -0.25) is 0 Å². The van der Waals surface area contributed by atoms with Crippen molar-refractivity contribution < 1.29 is 127 Å². The van der Waals surface area contributed by atoms with Crippen molar-refractivity contribution in [2.75, 3.05) is 0 Å². The molecule has 0 aromatic rings. The van der Waals surface area contributed by atoms with E-state index < -0.39 is 0 Å². The van der Waals surface area contributed by atoms with Crippen molar-refractivity contribution >= 4 is 17.4 Å². The SMILES string of the molecule is [AlH3].[Au].[Cr].[Nb].[Pt].[Ti].[Ti]. The van der Waals surface area contributed by atoms with Gasteiger partial charge in [-0.15, -0.1) is 0 Å². The molecule has 0 bridgehead atoms. The van der Waals surface area contributed by atoms with E-state index in [-0.39, 0.29) is 144 Å². The molecule has 0 aliphatic carbocycles. The first-order valence-corrected chi connectivity index (χ1v) is 0. The van der Waals surface area contributed by atoms with Crippen molar-refractivity contribution in [3.8, 4) is 0 Å². The summed E-state index contributed by atoms with van der Waals surface area (Å²) in [6.07, 6.45) is 0. The largest absolute Gasteiger partial charge is 0.187 e. The van der Waals surface area contributed by atoms with Crippen LogP contribution >= 0.6 is 0 Å². The van der Waals surface area contributed by atoms with Gasteiger partial charge in [0.2, 0.25) is 0 Å². The maximum atomic E-state index is 0. The molecule has 0 N–H and O–H groups in total. The van der Waals surface area contributed by atoms with Crippen molar-refractivity contribution in [3.05, 3.63) is 0 Å². The van der Waals surface area contributed by atoms with Crippen LogP contribution in [0.1, 0.15) is 0 Å². The van der Waals surface area contributed by atoms with Crippen LogP contribution in [0.4, 0.5) is 0 Å². The van der Waals surface area contributed by atoms with Crippen LogP contribution in [0.3, 0.4) is 0 Å². The van der Waals surface area contributed by atoms with Gasteiger partial charge in [0.15, 0.2) is 17.4 Å². The van der Waals surface area contributed by atoms with Crippen molar-refractivity contribution in [1.29, 1.82) is 0 Å². The summed E-state index contributed by atoms with van der Waals surface area (Å²) in [5.74, 6) is 0. The molecule has 0 rings (SSSR count). The van der Waals surface area contributed by atoms with Crippen LogP contribution in [-0.2, 0) is 127 Å². The van der Waals surface area contributed by atoms with E-state index in [0.717, 1.165) is 0 Å². The topological polar surface area (TPSA) is 0 Å². The minimum Gasteiger partial charge on any atom is 0 e. The molecule has 0 unspecified atom stereocenters.